The lowest BCUT2D eigenvalue weighted by Crippen LogP contribution is -2.42. The lowest BCUT2D eigenvalue weighted by Gasteiger charge is -2.15. The molecule has 2 aromatic rings. The van der Waals surface area contributed by atoms with Crippen LogP contribution in [0.25, 0.3) is 0 Å². The van der Waals surface area contributed by atoms with Gasteiger partial charge in [-0.15, -0.1) is 0 Å². The van der Waals surface area contributed by atoms with Crippen molar-refractivity contribution in [3.63, 3.8) is 0 Å². The van der Waals surface area contributed by atoms with Crippen LogP contribution in [0, 0.1) is 7.14 Å². The van der Waals surface area contributed by atoms with Gasteiger partial charge in [-0.25, -0.2) is 4.79 Å². The fourth-order valence-electron chi connectivity index (χ4n) is 2.35. The van der Waals surface area contributed by atoms with E-state index in [2.05, 4.69) is 5.32 Å². The summed E-state index contributed by atoms with van der Waals surface area (Å²) in [5.41, 5.74) is 1.61. The molecule has 8 heteroatoms. The molecule has 0 bridgehead atoms. The predicted octanol–water partition coefficient (Wildman–Crippen LogP) is 3.05. The van der Waals surface area contributed by atoms with E-state index >= 15 is 0 Å². The van der Waals surface area contributed by atoms with Gasteiger partial charge in [-0.05, 0) is 87.0 Å². The summed E-state index contributed by atoms with van der Waals surface area (Å²) in [5.74, 6) is -1.14. The number of halogens is 2. The van der Waals surface area contributed by atoms with E-state index in [1.165, 1.54) is 12.1 Å². The molecule has 1 unspecified atom stereocenters. The number of aryl methyl sites for hydroxylation is 1. The number of hydrogen-bond acceptors (Lipinski definition) is 4. The standard InChI is InChI=1S/C18H17I2NO5/c19-13-7-11(8-14(20)17(13)24)3-6-16(23)21-15(18(25)26)9-10-1-4-12(22)5-2-10/h1-2,4-5,7-8,15,22,24H,3,6,9H2,(H,21,23)(H,25,26). The van der Waals surface area contributed by atoms with Crippen molar-refractivity contribution >= 4 is 57.1 Å². The second-order valence-corrected chi connectivity index (χ2v) is 8.06. The number of carboxylic acid groups (broad SMARTS) is 1. The number of nitrogens with one attached hydrogen (secondary N) is 1. The number of phenolic OH excluding ortho intramolecular Hbond substituents is 2. The van der Waals surface area contributed by atoms with E-state index in [1.54, 1.807) is 24.3 Å². The van der Waals surface area contributed by atoms with Crippen LogP contribution in [-0.4, -0.2) is 33.2 Å². The molecular weight excluding hydrogens is 564 g/mol. The molecule has 0 heterocycles. The molecule has 1 atom stereocenters. The summed E-state index contributed by atoms with van der Waals surface area (Å²) >= 11 is 4.05. The highest BCUT2D eigenvalue weighted by Gasteiger charge is 2.20. The number of rotatable bonds is 7. The molecule has 0 aliphatic rings. The predicted molar refractivity (Wildman–Crippen MR) is 113 cm³/mol. The minimum absolute atomic E-state index is 0.0998. The number of hydrogen-bond donors (Lipinski definition) is 4. The summed E-state index contributed by atoms with van der Waals surface area (Å²) in [6.45, 7) is 0. The van der Waals surface area contributed by atoms with Gasteiger partial charge in [-0.1, -0.05) is 12.1 Å². The molecule has 0 spiro atoms. The quantitative estimate of drug-likeness (QED) is 0.377. The number of carboxylic acids is 1. The largest absolute Gasteiger partial charge is 0.508 e. The van der Waals surface area contributed by atoms with Crippen molar-refractivity contribution < 1.29 is 24.9 Å². The van der Waals surface area contributed by atoms with Gasteiger partial charge in [0.2, 0.25) is 5.91 Å². The van der Waals surface area contributed by atoms with Gasteiger partial charge >= 0.3 is 5.97 Å². The maximum Gasteiger partial charge on any atom is 0.326 e. The third kappa shape index (κ3) is 6.01. The van der Waals surface area contributed by atoms with E-state index in [0.717, 1.165) is 5.56 Å². The van der Waals surface area contributed by atoms with Gasteiger partial charge in [0, 0.05) is 12.8 Å². The Balaban J connectivity index is 1.95. The molecule has 0 saturated heterocycles. The van der Waals surface area contributed by atoms with Crippen molar-refractivity contribution in [2.45, 2.75) is 25.3 Å². The van der Waals surface area contributed by atoms with Gasteiger partial charge in [0.25, 0.3) is 0 Å². The van der Waals surface area contributed by atoms with Crippen LogP contribution >= 0.6 is 45.2 Å². The molecule has 2 aromatic carbocycles. The van der Waals surface area contributed by atoms with E-state index in [1.807, 2.05) is 45.2 Å². The summed E-state index contributed by atoms with van der Waals surface area (Å²) in [4.78, 5) is 23.6. The molecule has 6 nitrogen and oxygen atoms in total. The maximum absolute atomic E-state index is 12.1. The Morgan fingerprint density at radius 2 is 1.58 bits per heavy atom. The fraction of sp³-hybridized carbons (Fsp3) is 0.222. The fourth-order valence-corrected chi connectivity index (χ4v) is 4.25. The Kier molecular flexibility index (Phi) is 7.50. The van der Waals surface area contributed by atoms with Crippen LogP contribution in [0.5, 0.6) is 11.5 Å². The molecule has 26 heavy (non-hydrogen) atoms. The van der Waals surface area contributed by atoms with Crippen LogP contribution in [0.2, 0.25) is 0 Å². The number of aromatic hydroxyl groups is 2. The first kappa shape index (κ1) is 20.7. The Morgan fingerprint density at radius 3 is 2.12 bits per heavy atom. The minimum atomic E-state index is -1.11. The van der Waals surface area contributed by atoms with Crippen molar-refractivity contribution in [1.82, 2.24) is 5.32 Å². The molecule has 1 amide bonds. The van der Waals surface area contributed by atoms with E-state index in [0.29, 0.717) is 19.1 Å². The van der Waals surface area contributed by atoms with Gasteiger partial charge in [0.15, 0.2) is 0 Å². The van der Waals surface area contributed by atoms with Crippen LogP contribution in [0.1, 0.15) is 17.5 Å². The highest BCUT2D eigenvalue weighted by molar-refractivity contribution is 14.1. The summed E-state index contributed by atoms with van der Waals surface area (Å²) < 4.78 is 1.42. The molecule has 2 rings (SSSR count). The first-order valence-corrected chi connectivity index (χ1v) is 9.89. The van der Waals surface area contributed by atoms with Crippen LogP contribution < -0.4 is 5.32 Å². The van der Waals surface area contributed by atoms with Crippen molar-refractivity contribution in [2.24, 2.45) is 0 Å². The molecule has 138 valence electrons. The molecule has 0 aromatic heterocycles. The monoisotopic (exact) mass is 581 g/mol. The molecule has 4 N–H and O–H groups in total. The zero-order valence-corrected chi connectivity index (χ0v) is 17.9. The minimum Gasteiger partial charge on any atom is -0.508 e. The van der Waals surface area contributed by atoms with Gasteiger partial charge in [-0.3, -0.25) is 4.79 Å². The van der Waals surface area contributed by atoms with Crippen LogP contribution in [0.15, 0.2) is 36.4 Å². The number of carbonyl (C=O) groups is 2. The zero-order valence-electron chi connectivity index (χ0n) is 13.6. The summed E-state index contributed by atoms with van der Waals surface area (Å²) in [5, 5.41) is 30.9. The lowest BCUT2D eigenvalue weighted by molar-refractivity contribution is -0.141. The highest BCUT2D eigenvalue weighted by atomic mass is 127. The third-order valence-corrected chi connectivity index (χ3v) is 5.37. The molecule has 0 aliphatic heterocycles. The number of amides is 1. The van der Waals surface area contributed by atoms with Crippen LogP contribution in [0.3, 0.4) is 0 Å². The summed E-state index contributed by atoms with van der Waals surface area (Å²) in [6.07, 6.45) is 0.732. The number of carbonyl (C=O) groups excluding carboxylic acids is 1. The number of benzene rings is 2. The van der Waals surface area contributed by atoms with Crippen molar-refractivity contribution in [3.05, 3.63) is 54.7 Å². The van der Waals surface area contributed by atoms with Gasteiger partial charge in [0.1, 0.15) is 17.5 Å². The highest BCUT2D eigenvalue weighted by Crippen LogP contribution is 2.27. The number of phenols is 2. The summed E-state index contributed by atoms with van der Waals surface area (Å²) in [6, 6.07) is 8.77. The van der Waals surface area contributed by atoms with E-state index in [4.69, 9.17) is 0 Å². The van der Waals surface area contributed by atoms with Crippen molar-refractivity contribution in [3.8, 4) is 11.5 Å². The first-order valence-electron chi connectivity index (χ1n) is 7.73. The van der Waals surface area contributed by atoms with E-state index in [9.17, 15) is 24.9 Å². The first-order chi connectivity index (χ1) is 12.3. The second kappa shape index (κ2) is 9.40. The van der Waals surface area contributed by atoms with Gasteiger partial charge in [-0.2, -0.15) is 0 Å². The molecule has 0 saturated carbocycles. The second-order valence-electron chi connectivity index (χ2n) is 5.74. The number of aliphatic carboxylic acids is 1. The van der Waals surface area contributed by atoms with E-state index in [-0.39, 0.29) is 30.2 Å². The Hall–Kier alpha value is -1.56. The molecular formula is C18H17I2NO5. The lowest BCUT2D eigenvalue weighted by atomic mass is 10.0. The molecule has 0 fully saturated rings. The van der Waals surface area contributed by atoms with Gasteiger partial charge in [0.05, 0.1) is 7.14 Å². The van der Waals surface area contributed by atoms with Crippen LogP contribution in [-0.2, 0) is 22.4 Å². The van der Waals surface area contributed by atoms with Crippen LogP contribution in [0.4, 0.5) is 0 Å². The maximum atomic E-state index is 12.1. The normalized spacial score (nSPS) is 11.8. The SMILES string of the molecule is O=C(CCc1cc(I)c(O)c(I)c1)NC(Cc1ccc(O)cc1)C(=O)O. The molecule has 0 aliphatic carbocycles. The Morgan fingerprint density at radius 1 is 1.00 bits per heavy atom. The van der Waals surface area contributed by atoms with Crippen molar-refractivity contribution in [2.75, 3.05) is 0 Å². The molecule has 0 radical (unpaired) electrons. The van der Waals surface area contributed by atoms with Crippen molar-refractivity contribution in [1.29, 1.82) is 0 Å². The average molecular weight is 581 g/mol. The zero-order chi connectivity index (χ0) is 19.3. The smallest absolute Gasteiger partial charge is 0.326 e. The van der Waals surface area contributed by atoms with Gasteiger partial charge < -0.3 is 20.6 Å². The topological polar surface area (TPSA) is 107 Å². The Bertz CT molecular complexity index is 785. The Labute approximate surface area is 177 Å². The third-order valence-electron chi connectivity index (χ3n) is 3.73. The average Bonchev–Trinajstić information content (AvgIpc) is 2.59. The van der Waals surface area contributed by atoms with E-state index < -0.39 is 12.0 Å². The summed E-state index contributed by atoms with van der Waals surface area (Å²) in [7, 11) is 0.